The molecule has 1 aliphatic carbocycles. The van der Waals surface area contributed by atoms with E-state index >= 15 is 0 Å². The number of pyridine rings is 1. The fourth-order valence-corrected chi connectivity index (χ4v) is 3.56. The summed E-state index contributed by atoms with van der Waals surface area (Å²) in [5, 5.41) is 7.57. The summed E-state index contributed by atoms with van der Waals surface area (Å²) in [6, 6.07) is 7.12. The van der Waals surface area contributed by atoms with Crippen molar-refractivity contribution in [3.05, 3.63) is 64.9 Å². The summed E-state index contributed by atoms with van der Waals surface area (Å²) in [7, 11) is 0. The first-order valence-electron chi connectivity index (χ1n) is 9.33. The van der Waals surface area contributed by atoms with Gasteiger partial charge in [0.25, 0.3) is 11.5 Å². The van der Waals surface area contributed by atoms with Gasteiger partial charge >= 0.3 is 0 Å². The van der Waals surface area contributed by atoms with Gasteiger partial charge in [0.05, 0.1) is 11.7 Å². The Kier molecular flexibility index (Phi) is 5.01. The molecule has 1 N–H and O–H groups in total. The van der Waals surface area contributed by atoms with Crippen LogP contribution in [0.2, 0.25) is 0 Å². The molecule has 4 rings (SSSR count). The molecule has 0 saturated heterocycles. The van der Waals surface area contributed by atoms with Gasteiger partial charge in [-0.1, -0.05) is 0 Å². The second kappa shape index (κ2) is 7.75. The predicted octanol–water partition coefficient (Wildman–Crippen LogP) is 2.52. The zero-order valence-corrected chi connectivity index (χ0v) is 15.5. The second-order valence-electron chi connectivity index (χ2n) is 6.97. The summed E-state index contributed by atoms with van der Waals surface area (Å²) in [6.45, 7) is 1.70. The molecule has 8 heteroatoms. The lowest BCUT2D eigenvalue weighted by molar-refractivity contribution is 0.0916. The van der Waals surface area contributed by atoms with Crippen LogP contribution in [-0.4, -0.2) is 31.7 Å². The number of rotatable bonds is 4. The highest BCUT2D eigenvalue weighted by molar-refractivity contribution is 5.92. The first-order valence-corrected chi connectivity index (χ1v) is 9.33. The number of carbonyl (C=O) groups is 1. The van der Waals surface area contributed by atoms with E-state index in [9.17, 15) is 9.59 Å². The standard InChI is InChI=1S/C20H21N5O3/c1-13-22-18(12-28-13)20(27)23-15-2-4-16(5-3-15)25-19(26)7-6-17(24-25)14-8-10-21-11-9-14/h6-12,15-16H,2-5H2,1H3,(H,23,27). The van der Waals surface area contributed by atoms with Crippen molar-refractivity contribution in [1.82, 2.24) is 25.1 Å². The summed E-state index contributed by atoms with van der Waals surface area (Å²) in [4.78, 5) is 32.6. The molecule has 144 valence electrons. The Balaban J connectivity index is 1.42. The third-order valence-corrected chi connectivity index (χ3v) is 5.03. The summed E-state index contributed by atoms with van der Waals surface area (Å²) in [6.07, 6.45) is 7.88. The molecule has 0 bridgehead atoms. The Morgan fingerprint density at radius 2 is 1.89 bits per heavy atom. The van der Waals surface area contributed by atoms with E-state index in [0.29, 0.717) is 11.6 Å². The number of oxazole rings is 1. The number of amides is 1. The Morgan fingerprint density at radius 1 is 1.14 bits per heavy atom. The number of hydrogen-bond acceptors (Lipinski definition) is 6. The van der Waals surface area contributed by atoms with Crippen molar-refractivity contribution in [2.75, 3.05) is 0 Å². The molecule has 0 radical (unpaired) electrons. The van der Waals surface area contributed by atoms with Crippen LogP contribution in [0.5, 0.6) is 0 Å². The lowest BCUT2D eigenvalue weighted by Crippen LogP contribution is -2.39. The smallest absolute Gasteiger partial charge is 0.273 e. The van der Waals surface area contributed by atoms with E-state index in [1.807, 2.05) is 12.1 Å². The second-order valence-corrected chi connectivity index (χ2v) is 6.97. The van der Waals surface area contributed by atoms with Crippen molar-refractivity contribution in [2.45, 2.75) is 44.7 Å². The first-order chi connectivity index (χ1) is 13.6. The largest absolute Gasteiger partial charge is 0.448 e. The van der Waals surface area contributed by atoms with Gasteiger partial charge in [-0.3, -0.25) is 14.6 Å². The quantitative estimate of drug-likeness (QED) is 0.747. The molecule has 8 nitrogen and oxygen atoms in total. The van der Waals surface area contributed by atoms with Crippen LogP contribution >= 0.6 is 0 Å². The number of carbonyl (C=O) groups excluding carboxylic acids is 1. The molecular formula is C20H21N5O3. The van der Waals surface area contributed by atoms with E-state index in [0.717, 1.165) is 36.9 Å². The predicted molar refractivity (Wildman–Crippen MR) is 102 cm³/mol. The van der Waals surface area contributed by atoms with Crippen LogP contribution in [0.25, 0.3) is 11.3 Å². The molecule has 3 aromatic rings. The Hall–Kier alpha value is -3.29. The van der Waals surface area contributed by atoms with Crippen LogP contribution in [0.15, 0.2) is 52.1 Å². The van der Waals surface area contributed by atoms with Gasteiger partial charge in [-0.25, -0.2) is 9.67 Å². The maximum absolute atomic E-state index is 12.3. The van der Waals surface area contributed by atoms with Crippen LogP contribution in [0, 0.1) is 6.92 Å². The maximum Gasteiger partial charge on any atom is 0.273 e. The number of hydrogen-bond donors (Lipinski definition) is 1. The summed E-state index contributed by atoms with van der Waals surface area (Å²) < 4.78 is 6.67. The molecule has 1 saturated carbocycles. The minimum atomic E-state index is -0.227. The number of nitrogens with zero attached hydrogens (tertiary/aromatic N) is 4. The SMILES string of the molecule is Cc1nc(C(=O)NC2CCC(n3nc(-c4ccncc4)ccc3=O)CC2)co1. The molecule has 3 aromatic heterocycles. The van der Waals surface area contributed by atoms with E-state index in [1.54, 1.807) is 36.1 Å². The van der Waals surface area contributed by atoms with Crippen molar-refractivity contribution in [2.24, 2.45) is 0 Å². The average molecular weight is 379 g/mol. The van der Waals surface area contributed by atoms with Crippen molar-refractivity contribution in [3.63, 3.8) is 0 Å². The third-order valence-electron chi connectivity index (χ3n) is 5.03. The van der Waals surface area contributed by atoms with Gasteiger partial charge in [0.15, 0.2) is 11.6 Å². The average Bonchev–Trinajstić information content (AvgIpc) is 3.16. The molecule has 0 spiro atoms. The zero-order valence-electron chi connectivity index (χ0n) is 15.5. The first kappa shape index (κ1) is 18.1. The van der Waals surface area contributed by atoms with Gasteiger partial charge in [0.1, 0.15) is 6.26 Å². The molecule has 1 aliphatic rings. The zero-order chi connectivity index (χ0) is 19.5. The maximum atomic E-state index is 12.3. The van der Waals surface area contributed by atoms with Crippen LogP contribution in [-0.2, 0) is 0 Å². The normalized spacial score (nSPS) is 19.3. The van der Waals surface area contributed by atoms with Gasteiger partial charge in [-0.2, -0.15) is 5.10 Å². The molecule has 3 heterocycles. The highest BCUT2D eigenvalue weighted by Gasteiger charge is 2.26. The van der Waals surface area contributed by atoms with Crippen LogP contribution in [0.1, 0.15) is 48.1 Å². The van der Waals surface area contributed by atoms with Crippen LogP contribution in [0.3, 0.4) is 0 Å². The molecule has 28 heavy (non-hydrogen) atoms. The van der Waals surface area contributed by atoms with Crippen molar-refractivity contribution >= 4 is 5.91 Å². The monoisotopic (exact) mass is 379 g/mol. The minimum Gasteiger partial charge on any atom is -0.448 e. The minimum absolute atomic E-state index is 0.0248. The fourth-order valence-electron chi connectivity index (χ4n) is 3.56. The lowest BCUT2D eigenvalue weighted by atomic mass is 9.91. The number of aromatic nitrogens is 4. The van der Waals surface area contributed by atoms with Gasteiger partial charge in [-0.05, 0) is 43.9 Å². The van der Waals surface area contributed by atoms with Crippen molar-refractivity contribution < 1.29 is 9.21 Å². The number of aryl methyl sites for hydroxylation is 1. The van der Waals surface area contributed by atoms with Gasteiger partial charge in [-0.15, -0.1) is 0 Å². The topological polar surface area (TPSA) is 103 Å². The van der Waals surface area contributed by atoms with Crippen LogP contribution in [0.4, 0.5) is 0 Å². The van der Waals surface area contributed by atoms with Gasteiger partial charge in [0, 0.05) is 37.0 Å². The third kappa shape index (κ3) is 3.85. The van der Waals surface area contributed by atoms with Crippen molar-refractivity contribution in [1.29, 1.82) is 0 Å². The molecule has 0 atom stereocenters. The van der Waals surface area contributed by atoms with E-state index in [-0.39, 0.29) is 23.6 Å². The summed E-state index contributed by atoms with van der Waals surface area (Å²) in [5.74, 6) is 0.240. The molecule has 1 fully saturated rings. The summed E-state index contributed by atoms with van der Waals surface area (Å²) in [5.41, 5.74) is 1.86. The highest BCUT2D eigenvalue weighted by atomic mass is 16.3. The summed E-state index contributed by atoms with van der Waals surface area (Å²) >= 11 is 0. The molecular weight excluding hydrogens is 358 g/mol. The Bertz CT molecular complexity index is 1020. The van der Waals surface area contributed by atoms with Gasteiger partial charge < -0.3 is 9.73 Å². The molecule has 0 aliphatic heterocycles. The highest BCUT2D eigenvalue weighted by Crippen LogP contribution is 2.27. The molecule has 0 unspecified atom stereocenters. The molecule has 0 aromatic carbocycles. The van der Waals surface area contributed by atoms with E-state index < -0.39 is 0 Å². The van der Waals surface area contributed by atoms with E-state index in [4.69, 9.17) is 4.42 Å². The van der Waals surface area contributed by atoms with E-state index in [1.165, 1.54) is 6.26 Å². The number of nitrogens with one attached hydrogen (secondary N) is 1. The fraction of sp³-hybridized carbons (Fsp3) is 0.350. The van der Waals surface area contributed by atoms with Crippen molar-refractivity contribution in [3.8, 4) is 11.3 Å². The molecule has 1 amide bonds. The van der Waals surface area contributed by atoms with E-state index in [2.05, 4.69) is 20.4 Å². The Morgan fingerprint density at radius 3 is 2.57 bits per heavy atom. The van der Waals surface area contributed by atoms with Crippen LogP contribution < -0.4 is 10.9 Å². The lowest BCUT2D eigenvalue weighted by Gasteiger charge is -2.29. The Labute approximate surface area is 161 Å². The van der Waals surface area contributed by atoms with Gasteiger partial charge in [0.2, 0.25) is 0 Å².